The molecule has 1 atom stereocenters. The molecule has 2 heterocycles. The van der Waals surface area contributed by atoms with Crippen molar-refractivity contribution >= 4 is 22.4 Å². The highest BCUT2D eigenvalue weighted by Crippen LogP contribution is 2.25. The Labute approximate surface area is 166 Å². The van der Waals surface area contributed by atoms with Gasteiger partial charge in [0, 0.05) is 23.2 Å². The quantitative estimate of drug-likeness (QED) is 0.634. The number of rotatable bonds is 7. The summed E-state index contributed by atoms with van der Waals surface area (Å²) in [6, 6.07) is 9.54. The molecule has 2 aromatic heterocycles. The van der Waals surface area contributed by atoms with Crippen molar-refractivity contribution < 1.29 is 9.53 Å². The first-order valence-corrected chi connectivity index (χ1v) is 9.83. The minimum absolute atomic E-state index is 0.137. The number of nitrogens with one attached hydrogen (secondary N) is 2. The van der Waals surface area contributed by atoms with Gasteiger partial charge in [0.25, 0.3) is 0 Å². The average Bonchev–Trinajstić information content (AvgIpc) is 3.10. The number of aromatic nitrogens is 3. The van der Waals surface area contributed by atoms with Crippen LogP contribution < -0.4 is 15.7 Å². The van der Waals surface area contributed by atoms with E-state index in [2.05, 4.69) is 20.3 Å². The number of aromatic amines is 1. The van der Waals surface area contributed by atoms with Crippen molar-refractivity contribution in [1.29, 1.82) is 0 Å². The van der Waals surface area contributed by atoms with Gasteiger partial charge in [-0.2, -0.15) is 4.98 Å². The minimum Gasteiger partial charge on any atom is -0.484 e. The van der Waals surface area contributed by atoms with Gasteiger partial charge in [0.2, 0.25) is 5.91 Å². The van der Waals surface area contributed by atoms with Crippen LogP contribution in [0.4, 0.5) is 5.13 Å². The Morgan fingerprint density at radius 3 is 2.71 bits per heavy atom. The number of nitrogens with zero attached hydrogens (tertiary/aromatic N) is 2. The van der Waals surface area contributed by atoms with E-state index < -0.39 is 0 Å². The number of anilines is 1. The van der Waals surface area contributed by atoms with Crippen LogP contribution in [0.5, 0.6) is 5.75 Å². The zero-order valence-corrected chi connectivity index (χ0v) is 16.8. The van der Waals surface area contributed by atoms with Crippen LogP contribution in [0.2, 0.25) is 0 Å². The number of hydrogen-bond donors (Lipinski definition) is 2. The Hall–Kier alpha value is -3.00. The molecule has 0 aliphatic rings. The molecule has 7 nitrogen and oxygen atoms in total. The van der Waals surface area contributed by atoms with Gasteiger partial charge in [-0.15, -0.1) is 11.3 Å². The van der Waals surface area contributed by atoms with Crippen LogP contribution in [0.3, 0.4) is 0 Å². The molecule has 0 aliphatic carbocycles. The lowest BCUT2D eigenvalue weighted by Gasteiger charge is -2.12. The Bertz CT molecular complexity index is 988. The minimum atomic E-state index is -0.370. The largest absolute Gasteiger partial charge is 0.484 e. The standard InChI is InChI=1S/C20H22N4O3S/c1-12-16(13(2)22-19(26)21-12)9-10-18(25)24-20-23-17(11-28-20)14(3)27-15-7-5-4-6-8-15/h4-8,11,14H,9-10H2,1-3H3,(H,21,22,26)(H,23,24,25). The van der Waals surface area contributed by atoms with Gasteiger partial charge in [0.15, 0.2) is 5.13 Å². The number of benzene rings is 1. The van der Waals surface area contributed by atoms with Crippen LogP contribution >= 0.6 is 11.3 Å². The number of ether oxygens (including phenoxy) is 1. The number of carbonyl (C=O) groups is 1. The van der Waals surface area contributed by atoms with E-state index in [4.69, 9.17) is 4.74 Å². The lowest BCUT2D eigenvalue weighted by Crippen LogP contribution is -2.18. The van der Waals surface area contributed by atoms with E-state index in [1.807, 2.05) is 49.6 Å². The van der Waals surface area contributed by atoms with Crippen molar-refractivity contribution in [2.45, 2.75) is 39.7 Å². The molecule has 3 rings (SSSR count). The second-order valence-electron chi connectivity index (χ2n) is 6.43. The summed E-state index contributed by atoms with van der Waals surface area (Å²) in [6.45, 7) is 5.50. The Morgan fingerprint density at radius 1 is 1.25 bits per heavy atom. The highest BCUT2D eigenvalue weighted by atomic mass is 32.1. The van der Waals surface area contributed by atoms with E-state index in [0.717, 1.165) is 22.7 Å². The Morgan fingerprint density at radius 2 is 2.00 bits per heavy atom. The molecular formula is C20H22N4O3S. The maximum absolute atomic E-state index is 12.3. The molecule has 0 bridgehead atoms. The van der Waals surface area contributed by atoms with Gasteiger partial charge in [-0.05, 0) is 44.9 Å². The summed E-state index contributed by atoms with van der Waals surface area (Å²) in [5.74, 6) is 0.636. The van der Waals surface area contributed by atoms with Crippen molar-refractivity contribution in [3.8, 4) is 5.75 Å². The van der Waals surface area contributed by atoms with E-state index in [0.29, 0.717) is 17.2 Å². The number of para-hydroxylation sites is 1. The van der Waals surface area contributed by atoms with E-state index in [1.165, 1.54) is 11.3 Å². The SMILES string of the molecule is Cc1nc(=O)[nH]c(C)c1CCC(=O)Nc1nc(C(C)Oc2ccccc2)cs1. The fraction of sp³-hybridized carbons (Fsp3) is 0.300. The van der Waals surface area contributed by atoms with Crippen molar-refractivity contribution in [3.05, 3.63) is 68.8 Å². The molecule has 1 aromatic carbocycles. The monoisotopic (exact) mass is 398 g/mol. The van der Waals surface area contributed by atoms with Crippen molar-refractivity contribution in [2.24, 2.45) is 0 Å². The fourth-order valence-electron chi connectivity index (χ4n) is 2.84. The first kappa shape index (κ1) is 19.8. The number of thiazole rings is 1. The summed E-state index contributed by atoms with van der Waals surface area (Å²) in [6.07, 6.45) is 0.557. The third kappa shape index (κ3) is 5.04. The molecule has 1 amide bonds. The molecule has 0 spiro atoms. The lowest BCUT2D eigenvalue weighted by molar-refractivity contribution is -0.116. The maximum Gasteiger partial charge on any atom is 0.345 e. The Kier molecular flexibility index (Phi) is 6.20. The molecule has 0 saturated carbocycles. The van der Waals surface area contributed by atoms with E-state index in [9.17, 15) is 9.59 Å². The van der Waals surface area contributed by atoms with Gasteiger partial charge < -0.3 is 15.0 Å². The van der Waals surface area contributed by atoms with E-state index in [-0.39, 0.29) is 24.1 Å². The highest BCUT2D eigenvalue weighted by molar-refractivity contribution is 7.13. The van der Waals surface area contributed by atoms with Crippen molar-refractivity contribution in [2.75, 3.05) is 5.32 Å². The van der Waals surface area contributed by atoms with Crippen LogP contribution in [0.1, 0.15) is 42.1 Å². The van der Waals surface area contributed by atoms with Gasteiger partial charge in [0.1, 0.15) is 11.9 Å². The van der Waals surface area contributed by atoms with Gasteiger partial charge in [0.05, 0.1) is 5.69 Å². The van der Waals surface area contributed by atoms with Gasteiger partial charge in [-0.1, -0.05) is 18.2 Å². The number of H-pyrrole nitrogens is 1. The molecule has 8 heteroatoms. The Balaban J connectivity index is 1.56. The number of hydrogen-bond acceptors (Lipinski definition) is 6. The zero-order chi connectivity index (χ0) is 20.1. The third-order valence-corrected chi connectivity index (χ3v) is 5.07. The van der Waals surface area contributed by atoms with Gasteiger partial charge in [-0.25, -0.2) is 9.78 Å². The second kappa shape index (κ2) is 8.79. The second-order valence-corrected chi connectivity index (χ2v) is 7.29. The average molecular weight is 398 g/mol. The van der Waals surface area contributed by atoms with E-state index >= 15 is 0 Å². The predicted octanol–water partition coefficient (Wildman–Crippen LogP) is 3.55. The van der Waals surface area contributed by atoms with E-state index in [1.54, 1.807) is 6.92 Å². The zero-order valence-electron chi connectivity index (χ0n) is 16.0. The summed E-state index contributed by atoms with van der Waals surface area (Å²) >= 11 is 1.36. The van der Waals surface area contributed by atoms with Crippen LogP contribution in [0.25, 0.3) is 0 Å². The van der Waals surface area contributed by atoms with Crippen LogP contribution in [0.15, 0.2) is 40.5 Å². The lowest BCUT2D eigenvalue weighted by atomic mass is 10.1. The number of amides is 1. The maximum atomic E-state index is 12.3. The fourth-order valence-corrected chi connectivity index (χ4v) is 3.65. The topological polar surface area (TPSA) is 97.0 Å². The molecule has 0 fully saturated rings. The molecule has 28 heavy (non-hydrogen) atoms. The molecule has 0 aliphatic heterocycles. The predicted molar refractivity (Wildman–Crippen MR) is 109 cm³/mol. The normalized spacial score (nSPS) is 11.8. The van der Waals surface area contributed by atoms with Crippen molar-refractivity contribution in [1.82, 2.24) is 15.0 Å². The summed E-state index contributed by atoms with van der Waals surface area (Å²) < 4.78 is 5.86. The molecule has 3 aromatic rings. The summed E-state index contributed by atoms with van der Waals surface area (Å²) in [5, 5.41) is 5.24. The first-order valence-electron chi connectivity index (χ1n) is 8.95. The summed E-state index contributed by atoms with van der Waals surface area (Å²) in [7, 11) is 0. The summed E-state index contributed by atoms with van der Waals surface area (Å²) in [4.78, 5) is 34.6. The third-order valence-electron chi connectivity index (χ3n) is 4.30. The summed E-state index contributed by atoms with van der Waals surface area (Å²) in [5.41, 5.74) is 2.68. The molecule has 2 N–H and O–H groups in total. The number of aryl methyl sites for hydroxylation is 2. The van der Waals surface area contributed by atoms with Crippen LogP contribution in [0, 0.1) is 13.8 Å². The number of carbonyl (C=O) groups excluding carboxylic acids is 1. The van der Waals surface area contributed by atoms with Gasteiger partial charge >= 0.3 is 5.69 Å². The van der Waals surface area contributed by atoms with Crippen molar-refractivity contribution in [3.63, 3.8) is 0 Å². The van der Waals surface area contributed by atoms with Crippen LogP contribution in [-0.4, -0.2) is 20.9 Å². The molecule has 0 radical (unpaired) electrons. The smallest absolute Gasteiger partial charge is 0.345 e. The molecule has 1 unspecified atom stereocenters. The molecule has 146 valence electrons. The molecular weight excluding hydrogens is 376 g/mol. The first-order chi connectivity index (χ1) is 13.4. The molecule has 0 saturated heterocycles. The van der Waals surface area contributed by atoms with Crippen LogP contribution in [-0.2, 0) is 11.2 Å². The van der Waals surface area contributed by atoms with Gasteiger partial charge in [-0.3, -0.25) is 4.79 Å². The highest BCUT2D eigenvalue weighted by Gasteiger charge is 2.14.